The van der Waals surface area contributed by atoms with E-state index in [9.17, 15) is 13.2 Å². The topological polar surface area (TPSA) is 33.3 Å². The van der Waals surface area contributed by atoms with Crippen molar-refractivity contribution >= 4 is 17.3 Å². The quantitative estimate of drug-likeness (QED) is 0.813. The van der Waals surface area contributed by atoms with Gasteiger partial charge in [0.1, 0.15) is 0 Å². The van der Waals surface area contributed by atoms with Crippen LogP contribution in [0, 0.1) is 0 Å². The molecule has 22 heavy (non-hydrogen) atoms. The predicted octanol–water partition coefficient (Wildman–Crippen LogP) is 2.89. The minimum absolute atomic E-state index is 0.217. The van der Waals surface area contributed by atoms with Crippen LogP contribution in [0.5, 0.6) is 0 Å². The Morgan fingerprint density at radius 3 is 2.55 bits per heavy atom. The van der Waals surface area contributed by atoms with E-state index in [2.05, 4.69) is 10.6 Å². The van der Waals surface area contributed by atoms with E-state index < -0.39 is 11.7 Å². The van der Waals surface area contributed by atoms with Gasteiger partial charge in [0.25, 0.3) is 0 Å². The molecule has 0 radical (unpaired) electrons. The summed E-state index contributed by atoms with van der Waals surface area (Å²) in [6.07, 6.45) is -1.33. The summed E-state index contributed by atoms with van der Waals surface area (Å²) in [5.74, 6) is 0. The van der Waals surface area contributed by atoms with Crippen LogP contribution in [0.3, 0.4) is 0 Å². The molecule has 1 aliphatic rings. The van der Waals surface area contributed by atoms with Crippen molar-refractivity contribution in [2.45, 2.75) is 31.5 Å². The predicted molar refractivity (Wildman–Crippen MR) is 82.7 cm³/mol. The first-order valence-electron chi connectivity index (χ1n) is 7.24. The maximum Gasteiger partial charge on any atom is 0.416 e. The number of halogens is 3. The van der Waals surface area contributed by atoms with Crippen molar-refractivity contribution in [1.82, 2.24) is 10.6 Å². The zero-order valence-electron chi connectivity index (χ0n) is 12.1. The van der Waals surface area contributed by atoms with Crippen LogP contribution in [-0.2, 0) is 17.3 Å². The Balaban J connectivity index is 1.66. The molecule has 1 heterocycles. The van der Waals surface area contributed by atoms with E-state index in [4.69, 9.17) is 17.0 Å². The Morgan fingerprint density at radius 1 is 1.23 bits per heavy atom. The Labute approximate surface area is 133 Å². The van der Waals surface area contributed by atoms with Crippen molar-refractivity contribution in [3.63, 3.8) is 0 Å². The summed E-state index contributed by atoms with van der Waals surface area (Å²) in [5.41, 5.74) is 0.209. The van der Waals surface area contributed by atoms with Gasteiger partial charge in [-0.3, -0.25) is 0 Å². The molecule has 1 fully saturated rings. The van der Waals surface area contributed by atoms with Gasteiger partial charge < -0.3 is 15.4 Å². The highest BCUT2D eigenvalue weighted by Gasteiger charge is 2.29. The van der Waals surface area contributed by atoms with Crippen molar-refractivity contribution in [2.75, 3.05) is 19.7 Å². The van der Waals surface area contributed by atoms with Crippen molar-refractivity contribution in [2.24, 2.45) is 0 Å². The second-order valence-electron chi connectivity index (χ2n) is 5.22. The van der Waals surface area contributed by atoms with Gasteiger partial charge in [0.15, 0.2) is 5.11 Å². The molecule has 2 N–H and O–H groups in total. The highest BCUT2D eigenvalue weighted by atomic mass is 32.1. The van der Waals surface area contributed by atoms with Gasteiger partial charge in [-0.25, -0.2) is 0 Å². The average Bonchev–Trinajstić information content (AvgIpc) is 2.98. The number of rotatable bonds is 5. The lowest BCUT2D eigenvalue weighted by Crippen LogP contribution is -2.40. The average molecular weight is 332 g/mol. The summed E-state index contributed by atoms with van der Waals surface area (Å²) in [6.45, 7) is 2.06. The summed E-state index contributed by atoms with van der Waals surface area (Å²) in [4.78, 5) is 0. The second kappa shape index (κ2) is 7.78. The van der Waals surface area contributed by atoms with Crippen molar-refractivity contribution in [3.05, 3.63) is 35.4 Å². The van der Waals surface area contributed by atoms with Gasteiger partial charge in [0, 0.05) is 19.7 Å². The van der Waals surface area contributed by atoms with E-state index >= 15 is 0 Å². The van der Waals surface area contributed by atoms with Crippen LogP contribution in [0.1, 0.15) is 24.0 Å². The molecule has 3 nitrogen and oxygen atoms in total. The molecule has 2 rings (SSSR count). The molecule has 0 aromatic heterocycles. The Bertz CT molecular complexity index is 485. The van der Waals surface area contributed by atoms with Gasteiger partial charge in [-0.05, 0) is 49.2 Å². The first-order chi connectivity index (χ1) is 10.4. The SMILES string of the molecule is FC(F)(F)c1ccc(CCNC(=S)NCC2CCCO2)cc1. The molecule has 1 aromatic carbocycles. The standard InChI is InChI=1S/C15H19F3N2OS/c16-15(17,18)12-5-3-11(4-6-12)7-8-19-14(22)20-10-13-2-1-9-21-13/h3-6,13H,1-2,7-10H2,(H2,19,20,22). The lowest BCUT2D eigenvalue weighted by molar-refractivity contribution is -0.137. The molecule has 1 unspecified atom stereocenters. The van der Waals surface area contributed by atoms with E-state index in [-0.39, 0.29) is 6.10 Å². The molecule has 1 aliphatic heterocycles. The van der Waals surface area contributed by atoms with Crippen LogP contribution in [0.25, 0.3) is 0 Å². The minimum atomic E-state index is -4.29. The number of thiocarbonyl (C=S) groups is 1. The fourth-order valence-corrected chi connectivity index (χ4v) is 2.44. The summed E-state index contributed by atoms with van der Waals surface area (Å²) in [7, 11) is 0. The van der Waals surface area contributed by atoms with E-state index in [0.717, 1.165) is 37.1 Å². The lowest BCUT2D eigenvalue weighted by atomic mass is 10.1. The number of alkyl halides is 3. The molecular weight excluding hydrogens is 313 g/mol. The van der Waals surface area contributed by atoms with Crippen LogP contribution in [0.4, 0.5) is 13.2 Å². The van der Waals surface area contributed by atoms with E-state index in [1.54, 1.807) is 0 Å². The van der Waals surface area contributed by atoms with Gasteiger partial charge in [0.05, 0.1) is 11.7 Å². The molecule has 0 aliphatic carbocycles. The Morgan fingerprint density at radius 2 is 1.95 bits per heavy atom. The van der Waals surface area contributed by atoms with Crippen molar-refractivity contribution < 1.29 is 17.9 Å². The maximum absolute atomic E-state index is 12.4. The molecule has 1 aromatic rings. The zero-order valence-corrected chi connectivity index (χ0v) is 12.9. The lowest BCUT2D eigenvalue weighted by Gasteiger charge is -2.14. The van der Waals surface area contributed by atoms with Crippen LogP contribution in [-0.4, -0.2) is 30.9 Å². The molecule has 1 saturated heterocycles. The van der Waals surface area contributed by atoms with Crippen LogP contribution >= 0.6 is 12.2 Å². The maximum atomic E-state index is 12.4. The molecule has 7 heteroatoms. The summed E-state index contributed by atoms with van der Waals surface area (Å²) in [5, 5.41) is 6.67. The van der Waals surface area contributed by atoms with E-state index in [0.29, 0.717) is 24.6 Å². The van der Waals surface area contributed by atoms with Gasteiger partial charge in [-0.15, -0.1) is 0 Å². The summed E-state index contributed by atoms with van der Waals surface area (Å²) < 4.78 is 42.8. The van der Waals surface area contributed by atoms with Crippen molar-refractivity contribution in [3.8, 4) is 0 Å². The molecular formula is C15H19F3N2OS. The monoisotopic (exact) mass is 332 g/mol. The number of hydrogen-bond donors (Lipinski definition) is 2. The molecule has 0 bridgehead atoms. The highest BCUT2D eigenvalue weighted by molar-refractivity contribution is 7.80. The van der Waals surface area contributed by atoms with Gasteiger partial charge in [0.2, 0.25) is 0 Å². The normalized spacial score (nSPS) is 18.2. The Kier molecular flexibility index (Phi) is 6.02. The van der Waals surface area contributed by atoms with E-state index in [1.807, 2.05) is 0 Å². The van der Waals surface area contributed by atoms with Crippen LogP contribution in [0.15, 0.2) is 24.3 Å². The van der Waals surface area contributed by atoms with Gasteiger partial charge in [-0.1, -0.05) is 12.1 Å². The van der Waals surface area contributed by atoms with Gasteiger partial charge in [-0.2, -0.15) is 13.2 Å². The third kappa shape index (κ3) is 5.46. The number of benzene rings is 1. The first-order valence-corrected chi connectivity index (χ1v) is 7.65. The van der Waals surface area contributed by atoms with Gasteiger partial charge >= 0.3 is 6.18 Å². The first kappa shape index (κ1) is 17.0. The van der Waals surface area contributed by atoms with E-state index in [1.165, 1.54) is 12.1 Å². The molecule has 0 spiro atoms. The largest absolute Gasteiger partial charge is 0.416 e. The van der Waals surface area contributed by atoms with Crippen LogP contribution in [0.2, 0.25) is 0 Å². The Hall–Kier alpha value is -1.34. The fourth-order valence-electron chi connectivity index (χ4n) is 2.26. The summed E-state index contributed by atoms with van der Waals surface area (Å²) in [6, 6.07) is 5.19. The molecule has 0 amide bonds. The molecule has 122 valence electrons. The minimum Gasteiger partial charge on any atom is -0.376 e. The number of nitrogens with one attached hydrogen (secondary N) is 2. The number of hydrogen-bond acceptors (Lipinski definition) is 2. The molecule has 1 atom stereocenters. The fraction of sp³-hybridized carbons (Fsp3) is 0.533. The molecule has 0 saturated carbocycles. The van der Waals surface area contributed by atoms with Crippen LogP contribution < -0.4 is 10.6 Å². The highest BCUT2D eigenvalue weighted by Crippen LogP contribution is 2.29. The van der Waals surface area contributed by atoms with Crippen molar-refractivity contribution in [1.29, 1.82) is 0 Å². The third-order valence-corrected chi connectivity index (χ3v) is 3.78. The zero-order chi connectivity index (χ0) is 16.0. The third-order valence-electron chi connectivity index (χ3n) is 3.49. The second-order valence-corrected chi connectivity index (χ2v) is 5.62. The number of ether oxygens (including phenoxy) is 1. The summed E-state index contributed by atoms with van der Waals surface area (Å²) >= 11 is 5.15. The smallest absolute Gasteiger partial charge is 0.376 e.